The predicted molar refractivity (Wildman–Crippen MR) is 96.8 cm³/mol. The van der Waals surface area contributed by atoms with E-state index < -0.39 is 0 Å². The number of carbonyl (C=O) groups is 2. The number of nitrogens with one attached hydrogen (secondary N) is 1. The molecule has 2 amide bonds. The van der Waals surface area contributed by atoms with Gasteiger partial charge >= 0.3 is 0 Å². The van der Waals surface area contributed by atoms with Gasteiger partial charge in [-0.1, -0.05) is 25.0 Å². The van der Waals surface area contributed by atoms with Crippen LogP contribution in [0, 0.1) is 0 Å². The fraction of sp³-hybridized carbons (Fsp3) is 0.579. The molecular weight excluding hydrogens is 318 g/mol. The van der Waals surface area contributed by atoms with Crippen LogP contribution in [0.25, 0.3) is 0 Å². The van der Waals surface area contributed by atoms with Gasteiger partial charge in [-0.05, 0) is 25.0 Å². The third kappa shape index (κ3) is 4.44. The van der Waals surface area contributed by atoms with Crippen LogP contribution in [-0.4, -0.2) is 56.0 Å². The lowest BCUT2D eigenvalue weighted by atomic mass is 10.2. The quantitative estimate of drug-likeness (QED) is 0.827. The third-order valence-electron chi connectivity index (χ3n) is 5.09. The van der Waals surface area contributed by atoms with E-state index in [1.165, 1.54) is 12.8 Å². The molecule has 1 N–H and O–H groups in total. The molecule has 2 aliphatic rings. The lowest BCUT2D eigenvalue weighted by Crippen LogP contribution is -2.50. The Morgan fingerprint density at radius 1 is 1.12 bits per heavy atom. The topological polar surface area (TPSA) is 61.9 Å². The number of para-hydroxylation sites is 2. The Morgan fingerprint density at radius 3 is 2.48 bits per heavy atom. The highest BCUT2D eigenvalue weighted by atomic mass is 16.5. The van der Waals surface area contributed by atoms with E-state index in [-0.39, 0.29) is 24.3 Å². The summed E-state index contributed by atoms with van der Waals surface area (Å²) in [6, 6.07) is 8.18. The Labute approximate surface area is 149 Å². The molecule has 136 valence electrons. The lowest BCUT2D eigenvalue weighted by molar-refractivity contribution is -0.136. The van der Waals surface area contributed by atoms with Crippen molar-refractivity contribution < 1.29 is 14.3 Å². The number of nitrogens with zero attached hydrogens (tertiary/aromatic N) is 2. The van der Waals surface area contributed by atoms with Crippen LogP contribution in [-0.2, 0) is 9.59 Å². The first kappa shape index (κ1) is 17.6. The summed E-state index contributed by atoms with van der Waals surface area (Å²) in [6.07, 6.45) is 4.38. The number of piperazine rings is 1. The van der Waals surface area contributed by atoms with Crippen molar-refractivity contribution in [2.75, 3.05) is 38.2 Å². The number of hydrogen-bond acceptors (Lipinski definition) is 4. The second kappa shape index (κ2) is 8.23. The lowest BCUT2D eigenvalue weighted by Gasteiger charge is -2.36. The second-order valence-corrected chi connectivity index (χ2v) is 6.77. The summed E-state index contributed by atoms with van der Waals surface area (Å²) >= 11 is 0. The van der Waals surface area contributed by atoms with Crippen molar-refractivity contribution >= 4 is 17.5 Å². The summed E-state index contributed by atoms with van der Waals surface area (Å²) < 4.78 is 5.41. The standard InChI is InChI=1S/C19H27N3O3/c1-25-17-9-5-4-8-16(17)21-10-12-22(13-11-21)19(24)14-18(23)20-15-6-2-3-7-15/h4-5,8-9,15H,2-3,6-7,10-14H2,1H3,(H,20,23). The molecule has 0 spiro atoms. The number of benzene rings is 1. The molecule has 0 unspecified atom stereocenters. The molecule has 1 aliphatic heterocycles. The Kier molecular flexibility index (Phi) is 5.79. The van der Waals surface area contributed by atoms with Gasteiger partial charge in [0.25, 0.3) is 0 Å². The second-order valence-electron chi connectivity index (χ2n) is 6.77. The van der Waals surface area contributed by atoms with E-state index in [0.29, 0.717) is 13.1 Å². The monoisotopic (exact) mass is 345 g/mol. The number of methoxy groups -OCH3 is 1. The van der Waals surface area contributed by atoms with Crippen molar-refractivity contribution in [3.05, 3.63) is 24.3 Å². The highest BCUT2D eigenvalue weighted by Crippen LogP contribution is 2.28. The van der Waals surface area contributed by atoms with Gasteiger partial charge < -0.3 is 19.9 Å². The number of ether oxygens (including phenoxy) is 1. The molecule has 2 fully saturated rings. The molecule has 25 heavy (non-hydrogen) atoms. The smallest absolute Gasteiger partial charge is 0.232 e. The SMILES string of the molecule is COc1ccccc1N1CCN(C(=O)CC(=O)NC2CCCC2)CC1. The molecule has 1 heterocycles. The van der Waals surface area contributed by atoms with Crippen molar-refractivity contribution in [2.24, 2.45) is 0 Å². The number of rotatable bonds is 5. The molecule has 3 rings (SSSR count). The Morgan fingerprint density at radius 2 is 1.80 bits per heavy atom. The Hall–Kier alpha value is -2.24. The van der Waals surface area contributed by atoms with Gasteiger partial charge in [-0.2, -0.15) is 0 Å². The molecule has 1 aromatic carbocycles. The molecule has 6 heteroatoms. The van der Waals surface area contributed by atoms with Crippen LogP contribution in [0.5, 0.6) is 5.75 Å². The summed E-state index contributed by atoms with van der Waals surface area (Å²) in [7, 11) is 1.67. The maximum Gasteiger partial charge on any atom is 0.232 e. The van der Waals surface area contributed by atoms with Crippen LogP contribution >= 0.6 is 0 Å². The zero-order valence-electron chi connectivity index (χ0n) is 14.9. The van der Waals surface area contributed by atoms with Crippen LogP contribution < -0.4 is 15.0 Å². The summed E-state index contributed by atoms with van der Waals surface area (Å²) in [5, 5.41) is 2.99. The summed E-state index contributed by atoms with van der Waals surface area (Å²) in [6.45, 7) is 2.76. The van der Waals surface area contributed by atoms with Crippen LogP contribution in [0.3, 0.4) is 0 Å². The van der Waals surface area contributed by atoms with E-state index in [0.717, 1.165) is 37.4 Å². The number of anilines is 1. The van der Waals surface area contributed by atoms with Crippen molar-refractivity contribution in [1.29, 1.82) is 0 Å². The van der Waals surface area contributed by atoms with Crippen LogP contribution in [0.4, 0.5) is 5.69 Å². The van der Waals surface area contributed by atoms with Gasteiger partial charge in [0.1, 0.15) is 12.2 Å². The molecule has 0 aromatic heterocycles. The van der Waals surface area contributed by atoms with Crippen molar-refractivity contribution in [3.8, 4) is 5.75 Å². The number of hydrogen-bond donors (Lipinski definition) is 1. The van der Waals surface area contributed by atoms with Gasteiger partial charge in [-0.25, -0.2) is 0 Å². The summed E-state index contributed by atoms with van der Waals surface area (Å²) in [5.41, 5.74) is 1.05. The minimum atomic E-state index is -0.135. The molecule has 0 bridgehead atoms. The largest absolute Gasteiger partial charge is 0.495 e. The molecule has 1 aliphatic carbocycles. The fourth-order valence-corrected chi connectivity index (χ4v) is 3.69. The molecule has 0 radical (unpaired) electrons. The van der Waals surface area contributed by atoms with Gasteiger partial charge in [-0.15, -0.1) is 0 Å². The number of amides is 2. The first-order valence-corrected chi connectivity index (χ1v) is 9.12. The summed E-state index contributed by atoms with van der Waals surface area (Å²) in [4.78, 5) is 28.4. The maximum atomic E-state index is 12.4. The van der Waals surface area contributed by atoms with E-state index in [4.69, 9.17) is 4.74 Å². The maximum absolute atomic E-state index is 12.4. The van der Waals surface area contributed by atoms with Gasteiger partial charge in [0.2, 0.25) is 11.8 Å². The predicted octanol–water partition coefficient (Wildman–Crippen LogP) is 1.79. The molecular formula is C19H27N3O3. The zero-order valence-corrected chi connectivity index (χ0v) is 14.9. The van der Waals surface area contributed by atoms with Gasteiger partial charge in [0.15, 0.2) is 0 Å². The third-order valence-corrected chi connectivity index (χ3v) is 5.09. The number of carbonyl (C=O) groups excluding carboxylic acids is 2. The van der Waals surface area contributed by atoms with Crippen LogP contribution in [0.1, 0.15) is 32.1 Å². The molecule has 1 saturated carbocycles. The van der Waals surface area contributed by atoms with E-state index in [1.807, 2.05) is 24.3 Å². The molecule has 0 atom stereocenters. The minimum absolute atomic E-state index is 0.0365. The average Bonchev–Trinajstić information content (AvgIpc) is 3.14. The van der Waals surface area contributed by atoms with Crippen LogP contribution in [0.15, 0.2) is 24.3 Å². The minimum Gasteiger partial charge on any atom is -0.495 e. The Bertz CT molecular complexity index is 606. The van der Waals surface area contributed by atoms with E-state index >= 15 is 0 Å². The normalized spacial score (nSPS) is 18.3. The average molecular weight is 345 g/mol. The molecule has 6 nitrogen and oxygen atoms in total. The first-order chi connectivity index (χ1) is 12.2. The van der Waals surface area contributed by atoms with Gasteiger partial charge in [0, 0.05) is 32.2 Å². The van der Waals surface area contributed by atoms with Gasteiger partial charge in [-0.3, -0.25) is 9.59 Å². The van der Waals surface area contributed by atoms with E-state index in [1.54, 1.807) is 12.0 Å². The Balaban J connectivity index is 1.48. The molecule has 1 saturated heterocycles. The fourth-order valence-electron chi connectivity index (χ4n) is 3.69. The van der Waals surface area contributed by atoms with Crippen LogP contribution in [0.2, 0.25) is 0 Å². The van der Waals surface area contributed by atoms with Gasteiger partial charge in [0.05, 0.1) is 12.8 Å². The van der Waals surface area contributed by atoms with Crippen molar-refractivity contribution in [1.82, 2.24) is 10.2 Å². The first-order valence-electron chi connectivity index (χ1n) is 9.12. The van der Waals surface area contributed by atoms with Crippen molar-refractivity contribution in [3.63, 3.8) is 0 Å². The highest BCUT2D eigenvalue weighted by Gasteiger charge is 2.25. The van der Waals surface area contributed by atoms with E-state index in [9.17, 15) is 9.59 Å². The van der Waals surface area contributed by atoms with Crippen molar-refractivity contribution in [2.45, 2.75) is 38.1 Å². The zero-order chi connectivity index (χ0) is 17.6. The highest BCUT2D eigenvalue weighted by molar-refractivity contribution is 5.97. The van der Waals surface area contributed by atoms with E-state index in [2.05, 4.69) is 10.2 Å². The summed E-state index contributed by atoms with van der Waals surface area (Å²) in [5.74, 6) is 0.637. The molecule has 1 aromatic rings.